The lowest BCUT2D eigenvalue weighted by Crippen LogP contribution is -2.45. The molecular weight excluding hydrogens is 284 g/mol. The van der Waals surface area contributed by atoms with Gasteiger partial charge in [0.05, 0.1) is 0 Å². The first-order valence-electron chi connectivity index (χ1n) is 7.93. The van der Waals surface area contributed by atoms with Crippen LogP contribution in [0.3, 0.4) is 0 Å². The highest BCUT2D eigenvalue weighted by Crippen LogP contribution is 2.26. The molecule has 2 rings (SSSR count). The Kier molecular flexibility index (Phi) is 6.52. The van der Waals surface area contributed by atoms with E-state index in [0.717, 1.165) is 17.0 Å². The molecule has 4 heteroatoms. The average Bonchev–Trinajstić information content (AvgIpc) is 2.53. The van der Waals surface area contributed by atoms with Crippen LogP contribution in [0.4, 0.5) is 0 Å². The number of hydrogen-bond acceptors (Lipinski definition) is 2. The molecule has 0 spiro atoms. The lowest BCUT2D eigenvalue weighted by Gasteiger charge is -2.30. The van der Waals surface area contributed by atoms with Gasteiger partial charge in [-0.2, -0.15) is 0 Å². The second-order valence-corrected chi connectivity index (χ2v) is 6.37. The topological polar surface area (TPSA) is 55.1 Å². The Bertz CT molecular complexity index is 441. The molecule has 1 atom stereocenters. The van der Waals surface area contributed by atoms with Crippen LogP contribution in [0.1, 0.15) is 44.1 Å². The fourth-order valence-electron chi connectivity index (χ4n) is 3.09. The number of rotatable bonds is 6. The third-order valence-electron chi connectivity index (χ3n) is 4.37. The van der Waals surface area contributed by atoms with Gasteiger partial charge in [-0.05, 0) is 42.9 Å². The van der Waals surface area contributed by atoms with Gasteiger partial charge in [0, 0.05) is 24.0 Å². The van der Waals surface area contributed by atoms with Crippen LogP contribution in [0.2, 0.25) is 5.02 Å². The van der Waals surface area contributed by atoms with Crippen LogP contribution in [0, 0.1) is 5.92 Å². The predicted molar refractivity (Wildman–Crippen MR) is 87.3 cm³/mol. The fraction of sp³-hybridized carbons (Fsp3) is 0.588. The Hall–Kier alpha value is -1.06. The van der Waals surface area contributed by atoms with Gasteiger partial charge in [0.25, 0.3) is 0 Å². The SMILES string of the molecule is NCC(NC(=O)CCc1ccc(Cl)cc1)C1CCCCC1. The minimum Gasteiger partial charge on any atom is -0.352 e. The van der Waals surface area contributed by atoms with Gasteiger partial charge in [0.15, 0.2) is 0 Å². The van der Waals surface area contributed by atoms with Gasteiger partial charge in [-0.15, -0.1) is 0 Å². The Balaban J connectivity index is 1.78. The van der Waals surface area contributed by atoms with Gasteiger partial charge in [0.1, 0.15) is 0 Å². The maximum atomic E-state index is 12.1. The summed E-state index contributed by atoms with van der Waals surface area (Å²) in [4.78, 5) is 12.1. The Morgan fingerprint density at radius 2 is 1.90 bits per heavy atom. The molecule has 0 heterocycles. The van der Waals surface area contributed by atoms with Gasteiger partial charge in [-0.3, -0.25) is 4.79 Å². The van der Waals surface area contributed by atoms with E-state index < -0.39 is 0 Å². The number of nitrogens with two attached hydrogens (primary N) is 1. The van der Waals surface area contributed by atoms with Crippen LogP contribution >= 0.6 is 11.6 Å². The summed E-state index contributed by atoms with van der Waals surface area (Å²) in [6.45, 7) is 0.539. The zero-order valence-electron chi connectivity index (χ0n) is 12.5. The molecule has 1 unspecified atom stereocenters. The summed E-state index contributed by atoms with van der Waals surface area (Å²) in [5.41, 5.74) is 6.98. The summed E-state index contributed by atoms with van der Waals surface area (Å²) in [7, 11) is 0. The summed E-state index contributed by atoms with van der Waals surface area (Å²) in [5, 5.41) is 3.85. The highest BCUT2D eigenvalue weighted by molar-refractivity contribution is 6.30. The molecule has 1 aliphatic carbocycles. The number of nitrogens with one attached hydrogen (secondary N) is 1. The molecule has 1 aromatic rings. The van der Waals surface area contributed by atoms with Crippen LogP contribution < -0.4 is 11.1 Å². The zero-order chi connectivity index (χ0) is 15.1. The number of aryl methyl sites for hydroxylation is 1. The molecule has 1 aliphatic rings. The van der Waals surface area contributed by atoms with Crippen molar-refractivity contribution in [1.82, 2.24) is 5.32 Å². The first-order chi connectivity index (χ1) is 10.2. The maximum Gasteiger partial charge on any atom is 0.220 e. The summed E-state index contributed by atoms with van der Waals surface area (Å²) in [6, 6.07) is 7.80. The number of benzene rings is 1. The van der Waals surface area contributed by atoms with Crippen molar-refractivity contribution in [1.29, 1.82) is 0 Å². The fourth-order valence-corrected chi connectivity index (χ4v) is 3.22. The molecule has 3 N–H and O–H groups in total. The van der Waals surface area contributed by atoms with Crippen molar-refractivity contribution >= 4 is 17.5 Å². The molecule has 0 radical (unpaired) electrons. The lowest BCUT2D eigenvalue weighted by atomic mass is 9.84. The first-order valence-corrected chi connectivity index (χ1v) is 8.30. The van der Waals surface area contributed by atoms with Gasteiger partial charge in [0.2, 0.25) is 5.91 Å². The molecule has 0 bridgehead atoms. The van der Waals surface area contributed by atoms with Crippen LogP contribution in [-0.4, -0.2) is 18.5 Å². The second kappa shape index (κ2) is 8.40. The molecule has 0 aliphatic heterocycles. The quantitative estimate of drug-likeness (QED) is 0.847. The number of hydrogen-bond donors (Lipinski definition) is 2. The van der Waals surface area contributed by atoms with Crippen LogP contribution in [-0.2, 0) is 11.2 Å². The molecule has 21 heavy (non-hydrogen) atoms. The Morgan fingerprint density at radius 1 is 1.24 bits per heavy atom. The highest BCUT2D eigenvalue weighted by atomic mass is 35.5. The summed E-state index contributed by atoms with van der Waals surface area (Å²) in [6.07, 6.45) is 7.48. The normalized spacial score (nSPS) is 17.4. The van der Waals surface area contributed by atoms with Gasteiger partial charge >= 0.3 is 0 Å². The van der Waals surface area contributed by atoms with Crippen molar-refractivity contribution in [3.05, 3.63) is 34.9 Å². The molecule has 1 amide bonds. The lowest BCUT2D eigenvalue weighted by molar-refractivity contribution is -0.122. The summed E-state index contributed by atoms with van der Waals surface area (Å²) < 4.78 is 0. The van der Waals surface area contributed by atoms with E-state index in [0.29, 0.717) is 18.9 Å². The summed E-state index contributed by atoms with van der Waals surface area (Å²) >= 11 is 5.85. The number of carbonyl (C=O) groups excluding carboxylic acids is 1. The van der Waals surface area contributed by atoms with Gasteiger partial charge in [-0.1, -0.05) is 43.0 Å². The molecule has 0 saturated heterocycles. The van der Waals surface area contributed by atoms with E-state index in [4.69, 9.17) is 17.3 Å². The van der Waals surface area contributed by atoms with Crippen molar-refractivity contribution in [3.8, 4) is 0 Å². The number of halogens is 1. The predicted octanol–water partition coefficient (Wildman–Crippen LogP) is 3.30. The monoisotopic (exact) mass is 308 g/mol. The zero-order valence-corrected chi connectivity index (χ0v) is 13.2. The van der Waals surface area contributed by atoms with Crippen LogP contribution in [0.25, 0.3) is 0 Å². The molecule has 0 aromatic heterocycles. The van der Waals surface area contributed by atoms with Crippen molar-refractivity contribution in [2.75, 3.05) is 6.54 Å². The van der Waals surface area contributed by atoms with Gasteiger partial charge in [-0.25, -0.2) is 0 Å². The minimum absolute atomic E-state index is 0.103. The van der Waals surface area contributed by atoms with Crippen molar-refractivity contribution in [2.45, 2.75) is 51.0 Å². The third-order valence-corrected chi connectivity index (χ3v) is 4.63. The van der Waals surface area contributed by atoms with Crippen molar-refractivity contribution < 1.29 is 4.79 Å². The van der Waals surface area contributed by atoms with E-state index >= 15 is 0 Å². The summed E-state index contributed by atoms with van der Waals surface area (Å²) in [5.74, 6) is 0.661. The molecule has 1 aromatic carbocycles. The third kappa shape index (κ3) is 5.33. The van der Waals surface area contributed by atoms with Crippen molar-refractivity contribution in [2.24, 2.45) is 11.7 Å². The Labute approximate surface area is 132 Å². The van der Waals surface area contributed by atoms with Crippen molar-refractivity contribution in [3.63, 3.8) is 0 Å². The molecule has 116 valence electrons. The van der Waals surface area contributed by atoms with E-state index in [2.05, 4.69) is 5.32 Å². The number of amides is 1. The molecule has 3 nitrogen and oxygen atoms in total. The highest BCUT2D eigenvalue weighted by Gasteiger charge is 2.23. The Morgan fingerprint density at radius 3 is 2.52 bits per heavy atom. The number of carbonyl (C=O) groups is 1. The second-order valence-electron chi connectivity index (χ2n) is 5.93. The molecule has 1 fully saturated rings. The molecule has 1 saturated carbocycles. The first kappa shape index (κ1) is 16.3. The van der Waals surface area contributed by atoms with E-state index in [1.165, 1.54) is 32.1 Å². The van der Waals surface area contributed by atoms with Gasteiger partial charge < -0.3 is 11.1 Å². The van der Waals surface area contributed by atoms with E-state index in [1.807, 2.05) is 24.3 Å². The van der Waals surface area contributed by atoms with Crippen LogP contribution in [0.15, 0.2) is 24.3 Å². The van der Waals surface area contributed by atoms with E-state index in [9.17, 15) is 4.79 Å². The van der Waals surface area contributed by atoms with E-state index in [1.54, 1.807) is 0 Å². The largest absolute Gasteiger partial charge is 0.352 e. The molecular formula is C17H25ClN2O. The minimum atomic E-state index is 0.103. The maximum absolute atomic E-state index is 12.1. The smallest absolute Gasteiger partial charge is 0.220 e. The average molecular weight is 309 g/mol. The van der Waals surface area contributed by atoms with E-state index in [-0.39, 0.29) is 11.9 Å². The van der Waals surface area contributed by atoms with Crippen LogP contribution in [0.5, 0.6) is 0 Å². The standard InChI is InChI=1S/C17H25ClN2O/c18-15-9-6-13(7-10-15)8-11-17(21)20-16(12-19)14-4-2-1-3-5-14/h6-7,9-10,14,16H,1-5,8,11-12,19H2,(H,20,21).